The molecule has 1 heterocycles. The molecule has 2 aromatic rings. The molecule has 7 nitrogen and oxygen atoms in total. The van der Waals surface area contributed by atoms with Gasteiger partial charge in [-0.05, 0) is 56.5 Å². The lowest BCUT2D eigenvalue weighted by molar-refractivity contribution is -0.129. The van der Waals surface area contributed by atoms with E-state index < -0.39 is 23.2 Å². The number of rotatable bonds is 7. The number of carbonyl (C=O) groups excluding carboxylic acids is 3. The predicted octanol–water partition coefficient (Wildman–Crippen LogP) is 3.07. The lowest BCUT2D eigenvalue weighted by Gasteiger charge is -2.25. The molecule has 0 spiro atoms. The summed E-state index contributed by atoms with van der Waals surface area (Å²) in [7, 11) is 1.55. The highest BCUT2D eigenvalue weighted by Crippen LogP contribution is 2.38. The Morgan fingerprint density at radius 2 is 1.78 bits per heavy atom. The molecule has 1 saturated carbocycles. The zero-order valence-corrected chi connectivity index (χ0v) is 19.0. The van der Waals surface area contributed by atoms with Crippen LogP contribution in [0.1, 0.15) is 49.3 Å². The predicted molar refractivity (Wildman–Crippen MR) is 116 cm³/mol. The van der Waals surface area contributed by atoms with Crippen molar-refractivity contribution >= 4 is 17.5 Å². The van der Waals surface area contributed by atoms with E-state index >= 15 is 0 Å². The maximum atomic E-state index is 13.1. The molecule has 1 aliphatic carbocycles. The number of amides is 1. The van der Waals surface area contributed by atoms with Crippen molar-refractivity contribution < 1.29 is 23.5 Å². The molecule has 3 rings (SSSR count). The number of halogens is 1. The molecule has 0 radical (unpaired) electrons. The van der Waals surface area contributed by atoms with Gasteiger partial charge in [0, 0.05) is 31.4 Å². The molecule has 1 fully saturated rings. The zero-order valence-electron chi connectivity index (χ0n) is 19.0. The fourth-order valence-corrected chi connectivity index (χ4v) is 4.40. The first kappa shape index (κ1) is 23.7. The SMILES string of the molecule is COCC(C)(C)NC(=O)CC1CC(=O)C(c2c(C)cc(-c3ncc(F)cn3)cc2C)C1=O. The fourth-order valence-electron chi connectivity index (χ4n) is 4.40. The molecule has 0 aliphatic heterocycles. The molecular weight excluding hydrogens is 413 g/mol. The number of aryl methyl sites for hydroxylation is 2. The Balaban J connectivity index is 1.81. The van der Waals surface area contributed by atoms with Crippen LogP contribution in [0.4, 0.5) is 4.39 Å². The van der Waals surface area contributed by atoms with Gasteiger partial charge in [-0.1, -0.05) is 0 Å². The first-order chi connectivity index (χ1) is 15.0. The number of carbonyl (C=O) groups is 3. The van der Waals surface area contributed by atoms with Crippen molar-refractivity contribution in [3.05, 3.63) is 47.0 Å². The van der Waals surface area contributed by atoms with Crippen molar-refractivity contribution in [2.24, 2.45) is 5.92 Å². The van der Waals surface area contributed by atoms with E-state index in [1.165, 1.54) is 0 Å². The Labute approximate surface area is 186 Å². The first-order valence-corrected chi connectivity index (χ1v) is 10.5. The van der Waals surface area contributed by atoms with Crippen LogP contribution in [0.15, 0.2) is 24.5 Å². The average molecular weight is 442 g/mol. The maximum Gasteiger partial charge on any atom is 0.221 e. The molecule has 2 unspecified atom stereocenters. The van der Waals surface area contributed by atoms with Gasteiger partial charge in [-0.15, -0.1) is 0 Å². The standard InChI is InChI=1S/C24H28FN3O4/c1-13-6-16(23-26-10-17(25)11-27-23)7-14(2)20(13)21-18(29)8-15(22(21)31)9-19(30)28-24(3,4)12-32-5/h6-7,10-11,15,21H,8-9,12H2,1-5H3,(H,28,30). The smallest absolute Gasteiger partial charge is 0.221 e. The maximum absolute atomic E-state index is 13.1. The summed E-state index contributed by atoms with van der Waals surface area (Å²) in [6.45, 7) is 7.64. The molecule has 170 valence electrons. The topological polar surface area (TPSA) is 98.2 Å². The van der Waals surface area contributed by atoms with Gasteiger partial charge >= 0.3 is 0 Å². The monoisotopic (exact) mass is 441 g/mol. The molecule has 2 atom stereocenters. The van der Waals surface area contributed by atoms with Crippen LogP contribution in [0.25, 0.3) is 11.4 Å². The second-order valence-electron chi connectivity index (χ2n) is 9.02. The van der Waals surface area contributed by atoms with E-state index in [-0.39, 0.29) is 30.3 Å². The number of nitrogens with one attached hydrogen (secondary N) is 1. The van der Waals surface area contributed by atoms with Crippen LogP contribution in [0.2, 0.25) is 0 Å². The van der Waals surface area contributed by atoms with Crippen LogP contribution in [0.5, 0.6) is 0 Å². The van der Waals surface area contributed by atoms with Crippen molar-refractivity contribution in [1.29, 1.82) is 0 Å². The lowest BCUT2D eigenvalue weighted by atomic mass is 9.86. The molecule has 1 N–H and O–H groups in total. The minimum absolute atomic E-state index is 0.0339. The molecule has 8 heteroatoms. The second-order valence-corrected chi connectivity index (χ2v) is 9.02. The summed E-state index contributed by atoms with van der Waals surface area (Å²) in [5, 5.41) is 2.86. The van der Waals surface area contributed by atoms with Crippen molar-refractivity contribution in [3.63, 3.8) is 0 Å². The third-order valence-corrected chi connectivity index (χ3v) is 5.63. The molecule has 1 aromatic heterocycles. The number of nitrogens with zero attached hydrogens (tertiary/aromatic N) is 2. The summed E-state index contributed by atoms with van der Waals surface area (Å²) in [5.74, 6) is -2.39. The van der Waals surface area contributed by atoms with Gasteiger partial charge in [0.1, 0.15) is 11.7 Å². The van der Waals surface area contributed by atoms with Crippen molar-refractivity contribution in [2.45, 2.75) is 52.0 Å². The van der Waals surface area contributed by atoms with Gasteiger partial charge in [-0.2, -0.15) is 0 Å². The van der Waals surface area contributed by atoms with Gasteiger partial charge in [0.25, 0.3) is 0 Å². The van der Waals surface area contributed by atoms with E-state index in [0.717, 1.165) is 23.5 Å². The molecular formula is C24H28FN3O4. The summed E-state index contributed by atoms with van der Waals surface area (Å²) < 4.78 is 18.2. The van der Waals surface area contributed by atoms with Crippen LogP contribution in [0.3, 0.4) is 0 Å². The van der Waals surface area contributed by atoms with E-state index in [9.17, 15) is 18.8 Å². The van der Waals surface area contributed by atoms with Crippen LogP contribution in [0, 0.1) is 25.6 Å². The van der Waals surface area contributed by atoms with E-state index in [0.29, 0.717) is 23.6 Å². The van der Waals surface area contributed by atoms with Gasteiger partial charge in [0.15, 0.2) is 17.4 Å². The van der Waals surface area contributed by atoms with E-state index in [1.54, 1.807) is 19.2 Å². The molecule has 0 bridgehead atoms. The summed E-state index contributed by atoms with van der Waals surface area (Å²) in [6.07, 6.45) is 2.19. The molecule has 1 amide bonds. The number of methoxy groups -OCH3 is 1. The van der Waals surface area contributed by atoms with Gasteiger partial charge in [0.05, 0.1) is 24.5 Å². The Kier molecular flexibility index (Phi) is 6.83. The summed E-state index contributed by atoms with van der Waals surface area (Å²) in [6, 6.07) is 3.59. The molecule has 1 aliphatic rings. The number of ketones is 2. The largest absolute Gasteiger partial charge is 0.382 e. The minimum Gasteiger partial charge on any atom is -0.382 e. The highest BCUT2D eigenvalue weighted by Gasteiger charge is 2.44. The number of hydrogen-bond donors (Lipinski definition) is 1. The zero-order chi connectivity index (χ0) is 23.6. The van der Waals surface area contributed by atoms with Gasteiger partial charge in [-0.3, -0.25) is 14.4 Å². The van der Waals surface area contributed by atoms with Crippen LogP contribution >= 0.6 is 0 Å². The van der Waals surface area contributed by atoms with E-state index in [4.69, 9.17) is 4.74 Å². The number of hydrogen-bond acceptors (Lipinski definition) is 6. The highest BCUT2D eigenvalue weighted by atomic mass is 19.1. The third-order valence-electron chi connectivity index (χ3n) is 5.63. The number of benzene rings is 1. The Morgan fingerprint density at radius 1 is 1.19 bits per heavy atom. The summed E-state index contributed by atoms with van der Waals surface area (Å²) >= 11 is 0. The normalized spacial score (nSPS) is 18.8. The highest BCUT2D eigenvalue weighted by molar-refractivity contribution is 6.15. The Morgan fingerprint density at radius 3 is 2.34 bits per heavy atom. The summed E-state index contributed by atoms with van der Waals surface area (Å²) in [5.41, 5.74) is 2.28. The average Bonchev–Trinajstić information content (AvgIpc) is 2.95. The first-order valence-electron chi connectivity index (χ1n) is 10.5. The summed E-state index contributed by atoms with van der Waals surface area (Å²) in [4.78, 5) is 46.4. The second kappa shape index (κ2) is 9.24. The molecule has 1 aromatic carbocycles. The Bertz CT molecular complexity index is 1030. The quantitative estimate of drug-likeness (QED) is 0.663. The number of aromatic nitrogens is 2. The van der Waals surface area contributed by atoms with Gasteiger partial charge in [-0.25, -0.2) is 14.4 Å². The van der Waals surface area contributed by atoms with Gasteiger partial charge < -0.3 is 10.1 Å². The molecule has 32 heavy (non-hydrogen) atoms. The van der Waals surface area contributed by atoms with E-state index in [2.05, 4.69) is 15.3 Å². The molecule has 0 saturated heterocycles. The lowest BCUT2D eigenvalue weighted by Crippen LogP contribution is -2.47. The van der Waals surface area contributed by atoms with Crippen molar-refractivity contribution in [3.8, 4) is 11.4 Å². The van der Waals surface area contributed by atoms with Crippen LogP contribution in [-0.4, -0.2) is 46.7 Å². The van der Waals surface area contributed by atoms with Crippen LogP contribution in [-0.2, 0) is 19.1 Å². The van der Waals surface area contributed by atoms with Crippen molar-refractivity contribution in [2.75, 3.05) is 13.7 Å². The van der Waals surface area contributed by atoms with Crippen molar-refractivity contribution in [1.82, 2.24) is 15.3 Å². The number of ether oxygens (including phenoxy) is 1. The van der Waals surface area contributed by atoms with Crippen LogP contribution < -0.4 is 5.32 Å². The fraction of sp³-hybridized carbons (Fsp3) is 0.458. The van der Waals surface area contributed by atoms with Gasteiger partial charge in [0.2, 0.25) is 5.91 Å². The minimum atomic E-state index is -0.886. The number of Topliss-reactive ketones (excluding diaryl/α,β-unsaturated/α-hetero) is 2. The van der Waals surface area contributed by atoms with E-state index in [1.807, 2.05) is 27.7 Å². The Hall–Kier alpha value is -3.00. The third kappa shape index (κ3) is 5.07.